The van der Waals surface area contributed by atoms with Crippen LogP contribution in [0.1, 0.15) is 68.9 Å². The van der Waals surface area contributed by atoms with Crippen molar-refractivity contribution < 1.29 is 18.0 Å². The molecule has 1 aromatic rings. The monoisotopic (exact) mass is 475 g/mol. The molecule has 1 heterocycles. The number of hydrogen-bond donors (Lipinski definition) is 2. The Morgan fingerprint density at radius 3 is 2.52 bits per heavy atom. The lowest BCUT2D eigenvalue weighted by atomic mass is 9.97. The maximum Gasteiger partial charge on any atom is 0.309 e. The van der Waals surface area contributed by atoms with Crippen LogP contribution in [0.5, 0.6) is 0 Å². The van der Waals surface area contributed by atoms with Crippen molar-refractivity contribution >= 4 is 21.8 Å². The minimum Gasteiger partial charge on any atom is -0.348 e. The van der Waals surface area contributed by atoms with Gasteiger partial charge in [-0.25, -0.2) is 8.42 Å². The third kappa shape index (κ3) is 6.90. The zero-order valence-corrected chi connectivity index (χ0v) is 20.7. The summed E-state index contributed by atoms with van der Waals surface area (Å²) in [5.74, 6) is -1.29. The van der Waals surface area contributed by atoms with Crippen LogP contribution in [-0.4, -0.2) is 50.2 Å². The van der Waals surface area contributed by atoms with Crippen molar-refractivity contribution in [3.63, 3.8) is 0 Å². The van der Waals surface area contributed by atoms with Crippen molar-refractivity contribution in [3.05, 3.63) is 41.0 Å². The van der Waals surface area contributed by atoms with Crippen LogP contribution in [0.4, 0.5) is 0 Å². The highest BCUT2D eigenvalue weighted by Crippen LogP contribution is 2.29. The first kappa shape index (κ1) is 25.4. The average Bonchev–Trinajstić information content (AvgIpc) is 2.81. The Labute approximate surface area is 198 Å². The van der Waals surface area contributed by atoms with Crippen LogP contribution in [0.3, 0.4) is 0 Å². The molecule has 1 unspecified atom stereocenters. The number of hydrogen-bond acceptors (Lipinski definition) is 4. The van der Waals surface area contributed by atoms with Gasteiger partial charge in [-0.2, -0.15) is 4.31 Å². The molecule has 2 aliphatic rings. The Balaban J connectivity index is 1.50. The van der Waals surface area contributed by atoms with Gasteiger partial charge in [0.15, 0.2) is 0 Å². The summed E-state index contributed by atoms with van der Waals surface area (Å²) in [5, 5.41) is 5.35. The number of nitrogens with zero attached hydrogens (tertiary/aromatic N) is 1. The van der Waals surface area contributed by atoms with Crippen molar-refractivity contribution in [2.75, 3.05) is 19.6 Å². The smallest absolute Gasteiger partial charge is 0.309 e. The number of sulfonamides is 1. The summed E-state index contributed by atoms with van der Waals surface area (Å²) in [7, 11) is -3.62. The molecule has 2 amide bonds. The Morgan fingerprint density at radius 2 is 1.79 bits per heavy atom. The third-order valence-electron chi connectivity index (χ3n) is 6.59. The van der Waals surface area contributed by atoms with Gasteiger partial charge < -0.3 is 10.6 Å². The summed E-state index contributed by atoms with van der Waals surface area (Å²) in [6, 6.07) is 5.29. The van der Waals surface area contributed by atoms with E-state index in [4.69, 9.17) is 0 Å². The van der Waals surface area contributed by atoms with Gasteiger partial charge in [-0.15, -0.1) is 0 Å². The molecule has 1 saturated heterocycles. The Hall–Kier alpha value is -2.19. The van der Waals surface area contributed by atoms with Crippen molar-refractivity contribution in [1.29, 1.82) is 0 Å². The van der Waals surface area contributed by atoms with Crippen molar-refractivity contribution in [2.45, 2.75) is 82.6 Å². The number of amides is 2. The topological polar surface area (TPSA) is 95.6 Å². The van der Waals surface area contributed by atoms with E-state index in [-0.39, 0.29) is 12.6 Å². The molecule has 1 fully saturated rings. The zero-order chi connectivity index (χ0) is 23.8. The predicted molar refractivity (Wildman–Crippen MR) is 129 cm³/mol. The van der Waals surface area contributed by atoms with Gasteiger partial charge in [0.05, 0.1) is 4.90 Å². The highest BCUT2D eigenvalue weighted by Gasteiger charge is 2.34. The molecular weight excluding hydrogens is 438 g/mol. The fraction of sp³-hybridized carbons (Fsp3) is 0.600. The molecule has 2 N–H and O–H groups in total. The van der Waals surface area contributed by atoms with Gasteiger partial charge in [0.25, 0.3) is 0 Å². The van der Waals surface area contributed by atoms with Crippen molar-refractivity contribution in [2.24, 2.45) is 0 Å². The molecule has 0 aromatic heterocycles. The Morgan fingerprint density at radius 1 is 1.03 bits per heavy atom. The number of allylic oxidation sites excluding steroid dienone is 1. The highest BCUT2D eigenvalue weighted by atomic mass is 32.2. The number of piperidine rings is 1. The Kier molecular flexibility index (Phi) is 9.09. The maximum atomic E-state index is 13.4. The zero-order valence-electron chi connectivity index (χ0n) is 19.9. The van der Waals surface area contributed by atoms with E-state index < -0.39 is 21.8 Å². The minimum absolute atomic E-state index is 0.190. The van der Waals surface area contributed by atoms with Crippen molar-refractivity contribution in [1.82, 2.24) is 14.9 Å². The summed E-state index contributed by atoms with van der Waals surface area (Å²) in [4.78, 5) is 24.6. The SMILES string of the molecule is Cc1ccc(C)c(S(=O)(=O)N2CCCCC2CCNC(=O)C(=O)NCCC2=CCCCC2)c1. The molecule has 33 heavy (non-hydrogen) atoms. The number of carbonyl (C=O) groups excluding carboxylic acids is 2. The van der Waals surface area contributed by atoms with E-state index in [9.17, 15) is 18.0 Å². The van der Waals surface area contributed by atoms with Gasteiger partial charge in [-0.1, -0.05) is 30.2 Å². The lowest BCUT2D eigenvalue weighted by Gasteiger charge is -2.35. The van der Waals surface area contributed by atoms with Gasteiger partial charge in [-0.3, -0.25) is 9.59 Å². The second-order valence-electron chi connectivity index (χ2n) is 9.19. The number of rotatable bonds is 8. The summed E-state index contributed by atoms with van der Waals surface area (Å²) in [5.41, 5.74) is 2.99. The van der Waals surface area contributed by atoms with Crippen LogP contribution in [-0.2, 0) is 19.6 Å². The lowest BCUT2D eigenvalue weighted by molar-refractivity contribution is -0.139. The molecule has 1 aliphatic heterocycles. The van der Waals surface area contributed by atoms with E-state index in [1.54, 1.807) is 10.4 Å². The maximum absolute atomic E-state index is 13.4. The molecule has 0 spiro atoms. The molecule has 1 atom stereocenters. The molecule has 3 rings (SSSR count). The first-order valence-corrected chi connectivity index (χ1v) is 13.6. The first-order chi connectivity index (χ1) is 15.8. The van der Waals surface area contributed by atoms with Gasteiger partial charge >= 0.3 is 11.8 Å². The molecule has 182 valence electrons. The summed E-state index contributed by atoms with van der Waals surface area (Å²) < 4.78 is 28.4. The van der Waals surface area contributed by atoms with E-state index in [0.29, 0.717) is 24.4 Å². The van der Waals surface area contributed by atoms with Gasteiger partial charge in [0.1, 0.15) is 0 Å². The van der Waals surface area contributed by atoms with E-state index in [2.05, 4.69) is 16.7 Å². The largest absolute Gasteiger partial charge is 0.348 e. The van der Waals surface area contributed by atoms with Crippen LogP contribution in [0, 0.1) is 13.8 Å². The Bertz CT molecular complexity index is 987. The van der Waals surface area contributed by atoms with Crippen molar-refractivity contribution in [3.8, 4) is 0 Å². The van der Waals surface area contributed by atoms with Gasteiger partial charge in [0, 0.05) is 25.7 Å². The van der Waals surface area contributed by atoms with Crippen LogP contribution in [0.25, 0.3) is 0 Å². The van der Waals surface area contributed by atoms with E-state index in [0.717, 1.165) is 49.7 Å². The summed E-state index contributed by atoms with van der Waals surface area (Å²) in [6.07, 6.45) is 10.6. The van der Waals surface area contributed by atoms with Gasteiger partial charge in [-0.05, 0) is 82.4 Å². The molecule has 1 aliphatic carbocycles. The second kappa shape index (κ2) is 11.8. The summed E-state index contributed by atoms with van der Waals surface area (Å²) in [6.45, 7) is 4.90. The van der Waals surface area contributed by atoms with E-state index in [1.807, 2.05) is 26.0 Å². The third-order valence-corrected chi connectivity index (χ3v) is 8.68. The van der Waals surface area contributed by atoms with Crippen LogP contribution >= 0.6 is 0 Å². The molecule has 8 heteroatoms. The summed E-state index contributed by atoms with van der Waals surface area (Å²) >= 11 is 0. The van der Waals surface area contributed by atoms with Crippen LogP contribution < -0.4 is 10.6 Å². The minimum atomic E-state index is -3.62. The number of aryl methyl sites for hydroxylation is 2. The lowest BCUT2D eigenvalue weighted by Crippen LogP contribution is -2.46. The number of nitrogens with one attached hydrogen (secondary N) is 2. The first-order valence-electron chi connectivity index (χ1n) is 12.1. The number of carbonyl (C=O) groups is 2. The fourth-order valence-corrected chi connectivity index (χ4v) is 6.71. The molecular formula is C25H37N3O4S. The van der Waals surface area contributed by atoms with Gasteiger partial charge in [0.2, 0.25) is 10.0 Å². The molecule has 0 saturated carbocycles. The fourth-order valence-electron chi connectivity index (χ4n) is 4.67. The van der Waals surface area contributed by atoms with Crippen LogP contribution in [0.15, 0.2) is 34.7 Å². The second-order valence-corrected chi connectivity index (χ2v) is 11.1. The van der Waals surface area contributed by atoms with Crippen LogP contribution in [0.2, 0.25) is 0 Å². The normalized spacial score (nSPS) is 19.6. The van der Waals surface area contributed by atoms with E-state index in [1.165, 1.54) is 18.4 Å². The molecule has 7 nitrogen and oxygen atoms in total. The predicted octanol–water partition coefficient (Wildman–Crippen LogP) is 3.36. The highest BCUT2D eigenvalue weighted by molar-refractivity contribution is 7.89. The standard InChI is InChI=1S/C25H37N3O4S/c1-19-11-12-20(2)23(18-19)33(31,32)28-17-7-6-10-22(28)14-16-27-25(30)24(29)26-15-13-21-8-4-3-5-9-21/h8,11-12,18,22H,3-7,9-10,13-17H2,1-2H3,(H,26,29)(H,27,30). The number of benzene rings is 1. The molecule has 0 bridgehead atoms. The average molecular weight is 476 g/mol. The molecule has 0 radical (unpaired) electrons. The quantitative estimate of drug-likeness (QED) is 0.445. The molecule has 1 aromatic carbocycles. The van der Waals surface area contributed by atoms with E-state index >= 15 is 0 Å².